The van der Waals surface area contributed by atoms with Crippen molar-refractivity contribution in [3.8, 4) is 0 Å². The van der Waals surface area contributed by atoms with E-state index >= 15 is 0 Å². The fourth-order valence-electron chi connectivity index (χ4n) is 3.30. The quantitative estimate of drug-likeness (QED) is 0.924. The van der Waals surface area contributed by atoms with E-state index in [1.165, 1.54) is 11.6 Å². The molecule has 0 bridgehead atoms. The number of fused-ring (bicyclic) bond motifs is 1. The average molecular weight is 326 g/mol. The van der Waals surface area contributed by atoms with Crippen molar-refractivity contribution < 1.29 is 9.18 Å². The number of anilines is 1. The first-order valence-corrected chi connectivity index (χ1v) is 8.33. The summed E-state index contributed by atoms with van der Waals surface area (Å²) < 4.78 is 13.5. The van der Waals surface area contributed by atoms with Gasteiger partial charge in [-0.05, 0) is 67.6 Å². The molecule has 0 spiro atoms. The normalized spacial score (nSPS) is 17.4. The van der Waals surface area contributed by atoms with Gasteiger partial charge >= 0.3 is 0 Å². The molecule has 3 nitrogen and oxygen atoms in total. The molecule has 1 N–H and O–H groups in total. The van der Waals surface area contributed by atoms with E-state index in [0.717, 1.165) is 35.3 Å². The highest BCUT2D eigenvalue weighted by Gasteiger charge is 2.25. The minimum absolute atomic E-state index is 0.0320. The predicted octanol–water partition coefficient (Wildman–Crippen LogP) is 4.00. The van der Waals surface area contributed by atoms with Gasteiger partial charge in [-0.25, -0.2) is 4.39 Å². The largest absolute Gasteiger partial charge is 0.325 e. The summed E-state index contributed by atoms with van der Waals surface area (Å²) in [5.74, 6) is -0.252. The van der Waals surface area contributed by atoms with E-state index in [0.29, 0.717) is 6.54 Å². The van der Waals surface area contributed by atoms with E-state index in [1.807, 2.05) is 45.0 Å². The van der Waals surface area contributed by atoms with Gasteiger partial charge in [0.15, 0.2) is 0 Å². The molecule has 0 fully saturated rings. The molecule has 0 aliphatic carbocycles. The minimum Gasteiger partial charge on any atom is -0.325 e. The van der Waals surface area contributed by atoms with Gasteiger partial charge in [-0.2, -0.15) is 0 Å². The molecule has 0 saturated heterocycles. The summed E-state index contributed by atoms with van der Waals surface area (Å²) in [5.41, 5.74) is 5.19. The number of hydrogen-bond acceptors (Lipinski definition) is 2. The Morgan fingerprint density at radius 2 is 2.04 bits per heavy atom. The lowest BCUT2D eigenvalue weighted by molar-refractivity contribution is -0.117. The number of benzene rings is 2. The van der Waals surface area contributed by atoms with Gasteiger partial charge in [0.05, 0.1) is 6.54 Å². The van der Waals surface area contributed by atoms with Crippen LogP contribution in [0.1, 0.15) is 35.2 Å². The van der Waals surface area contributed by atoms with E-state index in [4.69, 9.17) is 0 Å². The summed E-state index contributed by atoms with van der Waals surface area (Å²) >= 11 is 0. The summed E-state index contributed by atoms with van der Waals surface area (Å²) in [7, 11) is 0. The van der Waals surface area contributed by atoms with E-state index in [-0.39, 0.29) is 17.8 Å². The van der Waals surface area contributed by atoms with Crippen LogP contribution in [-0.4, -0.2) is 23.9 Å². The summed E-state index contributed by atoms with van der Waals surface area (Å²) in [5, 5.41) is 3.00. The van der Waals surface area contributed by atoms with Gasteiger partial charge in [0.1, 0.15) is 5.82 Å². The third-order valence-corrected chi connectivity index (χ3v) is 4.79. The molecule has 0 aromatic heterocycles. The number of amides is 1. The van der Waals surface area contributed by atoms with Gasteiger partial charge in [-0.3, -0.25) is 9.69 Å². The van der Waals surface area contributed by atoms with Crippen LogP contribution in [0, 0.1) is 19.7 Å². The van der Waals surface area contributed by atoms with Gasteiger partial charge in [0.25, 0.3) is 0 Å². The van der Waals surface area contributed by atoms with Crippen LogP contribution in [0.4, 0.5) is 10.1 Å². The van der Waals surface area contributed by atoms with E-state index in [2.05, 4.69) is 10.2 Å². The molecule has 24 heavy (non-hydrogen) atoms. The number of hydrogen-bond donors (Lipinski definition) is 1. The Bertz CT molecular complexity index is 772. The fourth-order valence-corrected chi connectivity index (χ4v) is 3.30. The lowest BCUT2D eigenvalue weighted by atomic mass is 9.93. The maximum Gasteiger partial charge on any atom is 0.238 e. The van der Waals surface area contributed by atoms with Crippen molar-refractivity contribution in [1.29, 1.82) is 0 Å². The number of carbonyl (C=O) groups is 1. The summed E-state index contributed by atoms with van der Waals surface area (Å²) in [6.07, 6.45) is 0.844. The van der Waals surface area contributed by atoms with Crippen LogP contribution in [0.15, 0.2) is 36.4 Å². The lowest BCUT2D eigenvalue weighted by Gasteiger charge is -2.34. The zero-order valence-corrected chi connectivity index (χ0v) is 14.4. The highest BCUT2D eigenvalue weighted by Crippen LogP contribution is 2.29. The summed E-state index contributed by atoms with van der Waals surface area (Å²) in [6.45, 7) is 7.14. The van der Waals surface area contributed by atoms with Crippen molar-refractivity contribution in [3.05, 3.63) is 64.5 Å². The Balaban J connectivity index is 1.70. The zero-order chi connectivity index (χ0) is 17.3. The standard InChI is InChI=1S/C20H23FN2O/c1-13-4-5-14(2)19(10-13)22-20(24)12-23-9-8-16-6-7-17(21)11-18(16)15(23)3/h4-7,10-11,15H,8-9,12H2,1-3H3,(H,22,24). The number of nitrogens with one attached hydrogen (secondary N) is 1. The Morgan fingerprint density at radius 1 is 1.25 bits per heavy atom. The first-order chi connectivity index (χ1) is 11.4. The summed E-state index contributed by atoms with van der Waals surface area (Å²) in [4.78, 5) is 14.5. The number of nitrogens with zero attached hydrogens (tertiary/aromatic N) is 1. The molecule has 2 aromatic carbocycles. The smallest absolute Gasteiger partial charge is 0.238 e. The third kappa shape index (κ3) is 3.49. The molecule has 1 heterocycles. The third-order valence-electron chi connectivity index (χ3n) is 4.79. The SMILES string of the molecule is Cc1ccc(C)c(NC(=O)CN2CCc3ccc(F)cc3C2C)c1. The number of halogens is 1. The van der Waals surface area contributed by atoms with Crippen molar-refractivity contribution in [2.45, 2.75) is 33.2 Å². The van der Waals surface area contributed by atoms with Gasteiger partial charge in [0.2, 0.25) is 5.91 Å². The highest BCUT2D eigenvalue weighted by molar-refractivity contribution is 5.93. The van der Waals surface area contributed by atoms with Crippen molar-refractivity contribution in [2.24, 2.45) is 0 Å². The highest BCUT2D eigenvalue weighted by atomic mass is 19.1. The molecule has 126 valence electrons. The first-order valence-electron chi connectivity index (χ1n) is 8.33. The van der Waals surface area contributed by atoms with E-state index in [1.54, 1.807) is 6.07 Å². The van der Waals surface area contributed by atoms with Crippen molar-refractivity contribution in [1.82, 2.24) is 4.90 Å². The molecule has 1 amide bonds. The molecule has 1 unspecified atom stereocenters. The lowest BCUT2D eigenvalue weighted by Crippen LogP contribution is -2.39. The van der Waals surface area contributed by atoms with Crippen LogP contribution in [0.3, 0.4) is 0 Å². The zero-order valence-electron chi connectivity index (χ0n) is 14.4. The van der Waals surface area contributed by atoms with E-state index < -0.39 is 0 Å². The second-order valence-electron chi connectivity index (χ2n) is 6.61. The van der Waals surface area contributed by atoms with Crippen LogP contribution in [0.25, 0.3) is 0 Å². The Morgan fingerprint density at radius 3 is 2.83 bits per heavy atom. The van der Waals surface area contributed by atoms with Crippen LogP contribution >= 0.6 is 0 Å². The van der Waals surface area contributed by atoms with Crippen LogP contribution in [0.5, 0.6) is 0 Å². The fraction of sp³-hybridized carbons (Fsp3) is 0.350. The maximum atomic E-state index is 13.5. The molecular weight excluding hydrogens is 303 g/mol. The molecule has 0 saturated carbocycles. The van der Waals surface area contributed by atoms with Crippen molar-refractivity contribution in [2.75, 3.05) is 18.4 Å². The first kappa shape index (κ1) is 16.7. The molecule has 2 aromatic rings. The Labute approximate surface area is 142 Å². The molecule has 1 aliphatic rings. The van der Waals surface area contributed by atoms with Crippen molar-refractivity contribution in [3.63, 3.8) is 0 Å². The topological polar surface area (TPSA) is 32.3 Å². The second kappa shape index (κ2) is 6.73. The maximum absolute atomic E-state index is 13.5. The molecule has 0 radical (unpaired) electrons. The van der Waals surface area contributed by atoms with Crippen molar-refractivity contribution >= 4 is 11.6 Å². The van der Waals surface area contributed by atoms with Gasteiger partial charge < -0.3 is 5.32 Å². The number of rotatable bonds is 3. The van der Waals surface area contributed by atoms with Gasteiger partial charge in [-0.1, -0.05) is 18.2 Å². The predicted molar refractivity (Wildman–Crippen MR) is 94.6 cm³/mol. The van der Waals surface area contributed by atoms with Crippen LogP contribution in [0.2, 0.25) is 0 Å². The molecule has 4 heteroatoms. The van der Waals surface area contributed by atoms with E-state index in [9.17, 15) is 9.18 Å². The van der Waals surface area contributed by atoms with Gasteiger partial charge in [0, 0.05) is 18.3 Å². The molecular formula is C20H23FN2O. The monoisotopic (exact) mass is 326 g/mol. The number of aryl methyl sites for hydroxylation is 2. The Hall–Kier alpha value is -2.20. The Kier molecular flexibility index (Phi) is 4.67. The van der Waals surface area contributed by atoms with Crippen LogP contribution in [-0.2, 0) is 11.2 Å². The number of carbonyl (C=O) groups excluding carboxylic acids is 1. The minimum atomic E-state index is -0.220. The van der Waals surface area contributed by atoms with Crippen LogP contribution < -0.4 is 5.32 Å². The molecule has 1 aliphatic heterocycles. The second-order valence-corrected chi connectivity index (χ2v) is 6.61. The average Bonchev–Trinajstić information content (AvgIpc) is 2.54. The van der Waals surface area contributed by atoms with Gasteiger partial charge in [-0.15, -0.1) is 0 Å². The molecule has 3 rings (SSSR count). The summed E-state index contributed by atoms with van der Waals surface area (Å²) in [6, 6.07) is 11.0. The molecule has 1 atom stereocenters.